The van der Waals surface area contributed by atoms with Crippen LogP contribution < -0.4 is 15.4 Å². The molecule has 2 amide bonds. The Hall–Kier alpha value is -3.62. The van der Waals surface area contributed by atoms with Gasteiger partial charge in [-0.2, -0.15) is 0 Å². The number of hydrogen-bond acceptors (Lipinski definition) is 6. The molecule has 2 aromatic rings. The molecular weight excluding hydrogens is 436 g/mol. The highest BCUT2D eigenvalue weighted by molar-refractivity contribution is 5.85. The van der Waals surface area contributed by atoms with Crippen molar-refractivity contribution in [1.82, 2.24) is 10.2 Å². The molecule has 182 valence electrons. The van der Waals surface area contributed by atoms with Crippen molar-refractivity contribution in [2.24, 2.45) is 5.92 Å². The van der Waals surface area contributed by atoms with E-state index in [9.17, 15) is 19.7 Å². The maximum atomic E-state index is 13.3. The first-order valence-electron chi connectivity index (χ1n) is 11.6. The highest BCUT2D eigenvalue weighted by Gasteiger charge is 2.41. The fourth-order valence-corrected chi connectivity index (χ4v) is 4.41. The summed E-state index contributed by atoms with van der Waals surface area (Å²) in [6.45, 7) is 3.28. The number of likely N-dealkylation sites (tertiary alicyclic amines) is 1. The Labute approximate surface area is 199 Å². The SMILES string of the molecule is CCCCN1C(=O)CCC(C(=O)NCCNc2ccccc2[N+](=O)[O-])C1c1ccccc1OC. The zero-order chi connectivity index (χ0) is 24.5. The zero-order valence-electron chi connectivity index (χ0n) is 19.7. The van der Waals surface area contributed by atoms with Crippen molar-refractivity contribution in [3.05, 3.63) is 64.2 Å². The topological polar surface area (TPSA) is 114 Å². The summed E-state index contributed by atoms with van der Waals surface area (Å²) in [4.78, 5) is 38.7. The lowest BCUT2D eigenvalue weighted by Gasteiger charge is -2.41. The van der Waals surface area contributed by atoms with Gasteiger partial charge < -0.3 is 20.3 Å². The van der Waals surface area contributed by atoms with Crippen molar-refractivity contribution in [3.8, 4) is 5.75 Å². The second-order valence-corrected chi connectivity index (χ2v) is 8.26. The van der Waals surface area contributed by atoms with Gasteiger partial charge in [-0.15, -0.1) is 0 Å². The van der Waals surface area contributed by atoms with Crippen LogP contribution in [0.25, 0.3) is 0 Å². The number of nitrogens with one attached hydrogen (secondary N) is 2. The van der Waals surface area contributed by atoms with Crippen molar-refractivity contribution in [1.29, 1.82) is 0 Å². The lowest BCUT2D eigenvalue weighted by Crippen LogP contribution is -2.49. The minimum Gasteiger partial charge on any atom is -0.496 e. The average Bonchev–Trinajstić information content (AvgIpc) is 2.85. The molecule has 0 aromatic heterocycles. The molecule has 1 saturated heterocycles. The maximum Gasteiger partial charge on any atom is 0.292 e. The first-order valence-corrected chi connectivity index (χ1v) is 11.6. The van der Waals surface area contributed by atoms with Crippen molar-refractivity contribution >= 4 is 23.2 Å². The molecule has 2 N–H and O–H groups in total. The van der Waals surface area contributed by atoms with E-state index in [4.69, 9.17) is 4.74 Å². The lowest BCUT2D eigenvalue weighted by molar-refractivity contribution is -0.384. The predicted octanol–water partition coefficient (Wildman–Crippen LogP) is 3.91. The fraction of sp³-hybridized carbons (Fsp3) is 0.440. The number of carbonyl (C=O) groups excluding carboxylic acids is 2. The number of hydrogen-bond donors (Lipinski definition) is 2. The highest BCUT2D eigenvalue weighted by Crippen LogP contribution is 2.40. The molecule has 1 heterocycles. The molecule has 2 atom stereocenters. The molecular formula is C25H32N4O5. The van der Waals surface area contributed by atoms with E-state index in [1.807, 2.05) is 29.2 Å². The minimum absolute atomic E-state index is 0.0116. The van der Waals surface area contributed by atoms with Crippen LogP contribution in [0, 0.1) is 16.0 Å². The van der Waals surface area contributed by atoms with Gasteiger partial charge in [0, 0.05) is 37.7 Å². The van der Waals surface area contributed by atoms with Gasteiger partial charge in [0.15, 0.2) is 0 Å². The van der Waals surface area contributed by atoms with Crippen LogP contribution in [0.2, 0.25) is 0 Å². The van der Waals surface area contributed by atoms with Gasteiger partial charge in [-0.3, -0.25) is 19.7 Å². The Morgan fingerprint density at radius 1 is 1.18 bits per heavy atom. The quantitative estimate of drug-likeness (QED) is 0.294. The Balaban J connectivity index is 1.73. The van der Waals surface area contributed by atoms with Crippen LogP contribution in [-0.2, 0) is 9.59 Å². The van der Waals surface area contributed by atoms with Crippen molar-refractivity contribution in [2.75, 3.05) is 32.1 Å². The normalized spacial score (nSPS) is 17.8. The van der Waals surface area contributed by atoms with Crippen LogP contribution in [0.4, 0.5) is 11.4 Å². The van der Waals surface area contributed by atoms with E-state index in [2.05, 4.69) is 17.6 Å². The molecule has 1 aliphatic rings. The molecule has 0 radical (unpaired) electrons. The third-order valence-electron chi connectivity index (χ3n) is 6.09. The zero-order valence-corrected chi connectivity index (χ0v) is 19.7. The van der Waals surface area contributed by atoms with E-state index in [1.54, 1.807) is 25.3 Å². The third kappa shape index (κ3) is 5.84. The van der Waals surface area contributed by atoms with Crippen molar-refractivity contribution < 1.29 is 19.2 Å². The van der Waals surface area contributed by atoms with E-state index in [0.717, 1.165) is 18.4 Å². The summed E-state index contributed by atoms with van der Waals surface area (Å²) in [5, 5.41) is 17.1. The Kier molecular flexibility index (Phi) is 8.84. The van der Waals surface area contributed by atoms with Crippen molar-refractivity contribution in [3.63, 3.8) is 0 Å². The number of unbranched alkanes of at least 4 members (excludes halogenated alkanes) is 1. The summed E-state index contributed by atoms with van der Waals surface area (Å²) in [5.41, 5.74) is 1.22. The second kappa shape index (κ2) is 12.0. The number of amides is 2. The largest absolute Gasteiger partial charge is 0.496 e. The number of rotatable bonds is 11. The van der Waals surface area contributed by atoms with Gasteiger partial charge in [0.25, 0.3) is 5.69 Å². The number of methoxy groups -OCH3 is 1. The van der Waals surface area contributed by atoms with Gasteiger partial charge in [-0.1, -0.05) is 43.7 Å². The Morgan fingerprint density at radius 3 is 2.65 bits per heavy atom. The lowest BCUT2D eigenvalue weighted by atomic mass is 9.83. The van der Waals surface area contributed by atoms with E-state index < -0.39 is 16.9 Å². The molecule has 9 heteroatoms. The molecule has 0 spiro atoms. The number of nitrogens with zero attached hydrogens (tertiary/aromatic N) is 2. The van der Waals surface area contributed by atoms with Gasteiger partial charge in [0.1, 0.15) is 11.4 Å². The average molecular weight is 469 g/mol. The first-order chi connectivity index (χ1) is 16.5. The molecule has 3 rings (SSSR count). The predicted molar refractivity (Wildman–Crippen MR) is 130 cm³/mol. The molecule has 0 aliphatic carbocycles. The summed E-state index contributed by atoms with van der Waals surface area (Å²) in [6, 6.07) is 13.5. The number of anilines is 1. The van der Waals surface area contributed by atoms with Gasteiger partial charge in [0.2, 0.25) is 11.8 Å². The summed E-state index contributed by atoms with van der Waals surface area (Å²) in [6.07, 6.45) is 2.57. The number of nitro groups is 1. The molecule has 0 bridgehead atoms. The maximum absolute atomic E-state index is 13.3. The number of piperidine rings is 1. The van der Waals surface area contributed by atoms with E-state index in [0.29, 0.717) is 43.9 Å². The first kappa shape index (κ1) is 25.0. The molecule has 2 aromatic carbocycles. The number of benzene rings is 2. The second-order valence-electron chi connectivity index (χ2n) is 8.26. The fourth-order valence-electron chi connectivity index (χ4n) is 4.41. The highest BCUT2D eigenvalue weighted by atomic mass is 16.6. The Bertz CT molecular complexity index is 1010. The number of ether oxygens (including phenoxy) is 1. The Morgan fingerprint density at radius 2 is 1.91 bits per heavy atom. The number of nitro benzene ring substituents is 1. The summed E-state index contributed by atoms with van der Waals surface area (Å²) in [5.74, 6) is 0.136. The van der Waals surface area contributed by atoms with Crippen LogP contribution >= 0.6 is 0 Å². The van der Waals surface area contributed by atoms with E-state index in [-0.39, 0.29) is 17.5 Å². The number of para-hydroxylation sites is 3. The van der Waals surface area contributed by atoms with E-state index >= 15 is 0 Å². The van der Waals surface area contributed by atoms with Crippen LogP contribution in [0.15, 0.2) is 48.5 Å². The van der Waals surface area contributed by atoms with Crippen LogP contribution in [0.1, 0.15) is 44.2 Å². The van der Waals surface area contributed by atoms with Gasteiger partial charge in [0.05, 0.1) is 24.0 Å². The minimum atomic E-state index is -0.442. The van der Waals surface area contributed by atoms with Crippen LogP contribution in [0.5, 0.6) is 5.75 Å². The standard InChI is InChI=1S/C25H32N4O5/c1-3-4-17-28-23(30)14-13-19(24(28)18-9-5-8-12-22(18)34-2)25(31)27-16-15-26-20-10-6-7-11-21(20)29(32)33/h5-12,19,24,26H,3-4,13-17H2,1-2H3,(H,27,31). The number of carbonyl (C=O) groups is 2. The van der Waals surface area contributed by atoms with E-state index in [1.165, 1.54) is 6.07 Å². The molecule has 1 aliphatic heterocycles. The van der Waals surface area contributed by atoms with Crippen LogP contribution in [0.3, 0.4) is 0 Å². The monoisotopic (exact) mass is 468 g/mol. The van der Waals surface area contributed by atoms with Gasteiger partial charge in [-0.05, 0) is 25.0 Å². The molecule has 0 saturated carbocycles. The summed E-state index contributed by atoms with van der Waals surface area (Å²) in [7, 11) is 1.59. The third-order valence-corrected chi connectivity index (χ3v) is 6.09. The molecule has 1 fully saturated rings. The van der Waals surface area contributed by atoms with Gasteiger partial charge >= 0.3 is 0 Å². The summed E-state index contributed by atoms with van der Waals surface area (Å²) < 4.78 is 5.56. The van der Waals surface area contributed by atoms with Crippen molar-refractivity contribution in [2.45, 2.75) is 38.6 Å². The smallest absolute Gasteiger partial charge is 0.292 e. The van der Waals surface area contributed by atoms with Crippen LogP contribution in [-0.4, -0.2) is 48.4 Å². The summed E-state index contributed by atoms with van der Waals surface area (Å²) >= 11 is 0. The molecule has 9 nitrogen and oxygen atoms in total. The van der Waals surface area contributed by atoms with Gasteiger partial charge in [-0.25, -0.2) is 0 Å². The molecule has 2 unspecified atom stereocenters. The molecule has 34 heavy (non-hydrogen) atoms.